The molecule has 3 nitrogen and oxygen atoms in total. The Kier molecular flexibility index (Phi) is 10.9. The molecule has 0 saturated carbocycles. The molecule has 3 aromatic heterocycles. The number of furan rings is 1. The summed E-state index contributed by atoms with van der Waals surface area (Å²) in [6, 6.07) is 49.9. The zero-order valence-electron chi connectivity index (χ0n) is 28.9. The second-order valence-corrected chi connectivity index (χ2v) is 18.5. The molecule has 255 valence electrons. The molecule has 1 radical (unpaired) electrons. The first-order valence-electron chi connectivity index (χ1n) is 16.8. The van der Waals surface area contributed by atoms with Gasteiger partial charge in [-0.2, -0.15) is 0 Å². The molecule has 0 bridgehead atoms. The molecule has 51 heavy (non-hydrogen) atoms. The number of aromatic nitrogens is 2. The van der Waals surface area contributed by atoms with E-state index in [-0.39, 0.29) is 31.8 Å². The third-order valence-electron chi connectivity index (χ3n) is 9.07. The Bertz CT molecular complexity index is 2390. The minimum Gasteiger partial charge on any atom is -0.476 e. The number of benzene rings is 5. The molecule has 8 aromatic rings. The van der Waals surface area contributed by atoms with Crippen molar-refractivity contribution in [1.29, 1.82) is 0 Å². The summed E-state index contributed by atoms with van der Waals surface area (Å²) < 4.78 is 20.8. The van der Waals surface area contributed by atoms with Crippen molar-refractivity contribution in [3.05, 3.63) is 175 Å². The Morgan fingerprint density at radius 1 is 0.667 bits per heavy atom. The standard InChI is InChI=1S/C31H21FNO.C14H16NSi.Ir/c1-20(21-8-3-2-4-9-21)22-16-17-33-28(18-22)23-14-15-26-30(19-23)34-29-13-7-11-25(31(26)29)24-10-5-6-12-27(24)32;1-16(2,3)13-9-10-14(15-11-13)12-7-5-4-6-8-12;/h2-13,15-20H,1H3;4-7,9-11H,1-3H3;/q2*-1;. The van der Waals surface area contributed by atoms with Crippen molar-refractivity contribution in [2.45, 2.75) is 32.5 Å². The van der Waals surface area contributed by atoms with Crippen LogP contribution >= 0.6 is 0 Å². The van der Waals surface area contributed by atoms with Gasteiger partial charge >= 0.3 is 0 Å². The van der Waals surface area contributed by atoms with E-state index in [9.17, 15) is 4.39 Å². The van der Waals surface area contributed by atoms with Gasteiger partial charge < -0.3 is 14.4 Å². The first-order valence-corrected chi connectivity index (χ1v) is 20.3. The van der Waals surface area contributed by atoms with E-state index in [1.54, 1.807) is 12.1 Å². The molecule has 0 amide bonds. The Balaban J connectivity index is 0.000000222. The van der Waals surface area contributed by atoms with E-state index >= 15 is 0 Å². The van der Waals surface area contributed by atoms with Crippen LogP contribution in [0.1, 0.15) is 24.0 Å². The Morgan fingerprint density at radius 3 is 2.16 bits per heavy atom. The minimum atomic E-state index is -1.23. The van der Waals surface area contributed by atoms with Gasteiger partial charge in [0.2, 0.25) is 0 Å². The topological polar surface area (TPSA) is 38.9 Å². The maximum absolute atomic E-state index is 14.6. The fourth-order valence-electron chi connectivity index (χ4n) is 6.16. The van der Waals surface area contributed by atoms with Crippen LogP contribution in [-0.4, -0.2) is 18.0 Å². The second kappa shape index (κ2) is 15.5. The molecular weight excluding hydrogens is 824 g/mol. The summed E-state index contributed by atoms with van der Waals surface area (Å²) in [6.07, 6.45) is 3.86. The third kappa shape index (κ3) is 7.84. The molecule has 0 saturated heterocycles. The second-order valence-electron chi connectivity index (χ2n) is 13.5. The molecule has 1 atom stereocenters. The smallest absolute Gasteiger partial charge is 0.131 e. The number of pyridine rings is 2. The summed E-state index contributed by atoms with van der Waals surface area (Å²) >= 11 is 0. The summed E-state index contributed by atoms with van der Waals surface area (Å²) in [5.41, 5.74) is 9.05. The molecular formula is C45H37FIrN2OSi-2. The van der Waals surface area contributed by atoms with Crippen molar-refractivity contribution >= 4 is 35.2 Å². The van der Waals surface area contributed by atoms with Gasteiger partial charge in [-0.05, 0) is 56.9 Å². The molecule has 0 aliphatic carbocycles. The van der Waals surface area contributed by atoms with Gasteiger partial charge in [0.1, 0.15) is 11.4 Å². The first-order chi connectivity index (χ1) is 24.3. The minimum absolute atomic E-state index is 0. The predicted octanol–water partition coefficient (Wildman–Crippen LogP) is 11.5. The van der Waals surface area contributed by atoms with Crippen molar-refractivity contribution in [3.63, 3.8) is 0 Å². The van der Waals surface area contributed by atoms with Gasteiger partial charge in [-0.25, -0.2) is 4.39 Å². The quantitative estimate of drug-likeness (QED) is 0.123. The van der Waals surface area contributed by atoms with Gasteiger partial charge in [-0.15, -0.1) is 53.6 Å². The van der Waals surface area contributed by atoms with Gasteiger partial charge in [-0.1, -0.05) is 117 Å². The number of fused-ring (bicyclic) bond motifs is 3. The summed E-state index contributed by atoms with van der Waals surface area (Å²) in [7, 11) is -1.23. The number of nitrogens with zero attached hydrogens (tertiary/aromatic N) is 2. The van der Waals surface area contributed by atoms with Crippen molar-refractivity contribution in [2.75, 3.05) is 0 Å². The third-order valence-corrected chi connectivity index (χ3v) is 11.1. The normalized spacial score (nSPS) is 11.8. The van der Waals surface area contributed by atoms with Crippen LogP contribution in [0, 0.1) is 17.9 Å². The van der Waals surface area contributed by atoms with Crippen LogP contribution in [0.5, 0.6) is 0 Å². The fourth-order valence-corrected chi connectivity index (χ4v) is 7.20. The maximum Gasteiger partial charge on any atom is 0.131 e. The van der Waals surface area contributed by atoms with Gasteiger partial charge in [-0.3, -0.25) is 0 Å². The monoisotopic (exact) mass is 861 g/mol. The SMILES string of the molecule is CC(c1ccccc1)c1ccnc(-c2[c-]cc3c(c2)oc2cccc(-c4ccccc4F)c23)c1.C[Si](C)(C)c1ccc(-c2[c-]cccc2)nc1.[Ir]. The Hall–Kier alpha value is -5.00. The molecule has 0 spiro atoms. The van der Waals surface area contributed by atoms with Crippen LogP contribution in [0.15, 0.2) is 150 Å². The zero-order chi connectivity index (χ0) is 34.7. The van der Waals surface area contributed by atoms with Crippen LogP contribution in [0.2, 0.25) is 19.6 Å². The molecule has 0 aliphatic rings. The van der Waals surface area contributed by atoms with Crippen molar-refractivity contribution in [1.82, 2.24) is 9.97 Å². The van der Waals surface area contributed by atoms with Crippen molar-refractivity contribution in [2.24, 2.45) is 0 Å². The van der Waals surface area contributed by atoms with Crippen molar-refractivity contribution in [3.8, 4) is 33.6 Å². The molecule has 0 N–H and O–H groups in total. The average Bonchev–Trinajstić information content (AvgIpc) is 3.54. The zero-order valence-corrected chi connectivity index (χ0v) is 32.3. The first kappa shape index (κ1) is 35.8. The molecule has 1 unspecified atom stereocenters. The van der Waals surface area contributed by atoms with Crippen LogP contribution in [0.3, 0.4) is 0 Å². The average molecular weight is 861 g/mol. The summed E-state index contributed by atoms with van der Waals surface area (Å²) in [5, 5.41) is 3.20. The number of hydrogen-bond acceptors (Lipinski definition) is 3. The van der Waals surface area contributed by atoms with Gasteiger partial charge in [0.05, 0.1) is 13.7 Å². The van der Waals surface area contributed by atoms with E-state index in [0.29, 0.717) is 5.56 Å². The predicted molar refractivity (Wildman–Crippen MR) is 207 cm³/mol. The van der Waals surface area contributed by atoms with Crippen LogP contribution in [0.25, 0.3) is 55.6 Å². The molecule has 5 aromatic carbocycles. The molecule has 0 fully saturated rings. The van der Waals surface area contributed by atoms with E-state index in [0.717, 1.165) is 50.0 Å². The Morgan fingerprint density at radius 2 is 1.43 bits per heavy atom. The van der Waals surface area contributed by atoms with E-state index in [1.807, 2.05) is 79.1 Å². The summed E-state index contributed by atoms with van der Waals surface area (Å²) in [6.45, 7) is 9.19. The van der Waals surface area contributed by atoms with E-state index in [4.69, 9.17) is 4.42 Å². The Labute approximate surface area is 313 Å². The fraction of sp³-hybridized carbons (Fsp3) is 0.111. The number of hydrogen-bond donors (Lipinski definition) is 0. The van der Waals surface area contributed by atoms with Crippen LogP contribution in [-0.2, 0) is 20.1 Å². The molecule has 8 rings (SSSR count). The van der Waals surface area contributed by atoms with Gasteiger partial charge in [0, 0.05) is 44.0 Å². The van der Waals surface area contributed by atoms with Crippen LogP contribution < -0.4 is 5.19 Å². The summed E-state index contributed by atoms with van der Waals surface area (Å²) in [5.74, 6) is -0.000269. The maximum atomic E-state index is 14.6. The van der Waals surface area contributed by atoms with Crippen LogP contribution in [0.4, 0.5) is 4.39 Å². The largest absolute Gasteiger partial charge is 0.476 e. The molecule has 6 heteroatoms. The molecule has 3 heterocycles. The van der Waals surface area contributed by atoms with E-state index in [1.165, 1.54) is 22.4 Å². The molecule has 0 aliphatic heterocycles. The number of halogens is 1. The van der Waals surface area contributed by atoms with E-state index in [2.05, 4.69) is 97.2 Å². The van der Waals surface area contributed by atoms with Gasteiger partial charge in [0.15, 0.2) is 0 Å². The number of rotatable bonds is 6. The summed E-state index contributed by atoms with van der Waals surface area (Å²) in [4.78, 5) is 9.12. The van der Waals surface area contributed by atoms with Crippen molar-refractivity contribution < 1.29 is 28.9 Å². The van der Waals surface area contributed by atoms with E-state index < -0.39 is 8.07 Å². The van der Waals surface area contributed by atoms with Gasteiger partial charge in [0.25, 0.3) is 0 Å².